The lowest BCUT2D eigenvalue weighted by atomic mass is 10.1. The zero-order valence-corrected chi connectivity index (χ0v) is 10.8. The summed E-state index contributed by atoms with van der Waals surface area (Å²) in [6.45, 7) is 4.64. The molecule has 1 atom stereocenters. The minimum atomic E-state index is 0. The number of hydrogen-bond acceptors (Lipinski definition) is 3. The minimum absolute atomic E-state index is 0. The maximum atomic E-state index is 5.95. The molecule has 0 aliphatic carbocycles. The van der Waals surface area contributed by atoms with Crippen LogP contribution in [0, 0.1) is 0 Å². The SMILES string of the molecule is CCOc1cc([C@H](N)CC)ccc1OC.Cl. The van der Waals surface area contributed by atoms with E-state index in [4.69, 9.17) is 15.2 Å². The van der Waals surface area contributed by atoms with Gasteiger partial charge in [0.15, 0.2) is 11.5 Å². The summed E-state index contributed by atoms with van der Waals surface area (Å²) in [5, 5.41) is 0. The average Bonchev–Trinajstić information content (AvgIpc) is 2.28. The van der Waals surface area contributed by atoms with E-state index in [2.05, 4.69) is 6.92 Å². The normalized spacial score (nSPS) is 11.5. The van der Waals surface area contributed by atoms with Crippen molar-refractivity contribution in [2.45, 2.75) is 26.3 Å². The highest BCUT2D eigenvalue weighted by Crippen LogP contribution is 2.30. The van der Waals surface area contributed by atoms with Crippen LogP contribution in [0.4, 0.5) is 0 Å². The molecule has 4 heteroatoms. The first kappa shape index (κ1) is 15.1. The van der Waals surface area contributed by atoms with Crippen LogP contribution in [-0.2, 0) is 0 Å². The Morgan fingerprint density at radius 3 is 2.44 bits per heavy atom. The highest BCUT2D eigenvalue weighted by Gasteiger charge is 2.09. The Kier molecular flexibility index (Phi) is 6.93. The van der Waals surface area contributed by atoms with E-state index in [1.807, 2.05) is 25.1 Å². The molecule has 3 nitrogen and oxygen atoms in total. The van der Waals surface area contributed by atoms with Gasteiger partial charge in [0.1, 0.15) is 0 Å². The summed E-state index contributed by atoms with van der Waals surface area (Å²) in [5.41, 5.74) is 7.04. The number of methoxy groups -OCH3 is 1. The van der Waals surface area contributed by atoms with E-state index in [1.165, 1.54) is 0 Å². The van der Waals surface area contributed by atoms with Crippen molar-refractivity contribution in [3.8, 4) is 11.5 Å². The number of benzene rings is 1. The zero-order chi connectivity index (χ0) is 11.3. The van der Waals surface area contributed by atoms with Crippen molar-refractivity contribution in [2.24, 2.45) is 5.73 Å². The number of hydrogen-bond donors (Lipinski definition) is 1. The summed E-state index contributed by atoms with van der Waals surface area (Å²) in [6.07, 6.45) is 0.915. The van der Waals surface area contributed by atoms with Gasteiger partial charge in [-0.3, -0.25) is 0 Å². The van der Waals surface area contributed by atoms with Crippen LogP contribution in [-0.4, -0.2) is 13.7 Å². The molecule has 1 aromatic carbocycles. The first-order valence-corrected chi connectivity index (χ1v) is 5.29. The first-order chi connectivity index (χ1) is 7.22. The van der Waals surface area contributed by atoms with E-state index in [9.17, 15) is 0 Å². The van der Waals surface area contributed by atoms with Crippen LogP contribution in [0.5, 0.6) is 11.5 Å². The molecule has 0 spiro atoms. The molecule has 0 bridgehead atoms. The highest BCUT2D eigenvalue weighted by atomic mass is 35.5. The molecule has 0 amide bonds. The van der Waals surface area contributed by atoms with Crippen molar-refractivity contribution in [1.29, 1.82) is 0 Å². The summed E-state index contributed by atoms with van der Waals surface area (Å²) in [4.78, 5) is 0. The fourth-order valence-electron chi connectivity index (χ4n) is 1.43. The van der Waals surface area contributed by atoms with Gasteiger partial charge in [-0.1, -0.05) is 13.0 Å². The van der Waals surface area contributed by atoms with Gasteiger partial charge in [-0.2, -0.15) is 0 Å². The molecule has 2 N–H and O–H groups in total. The molecular formula is C12H20ClNO2. The largest absolute Gasteiger partial charge is 0.493 e. The summed E-state index contributed by atoms with van der Waals surface area (Å²) in [7, 11) is 1.64. The van der Waals surface area contributed by atoms with Crippen LogP contribution in [0.2, 0.25) is 0 Å². The molecule has 0 aliphatic heterocycles. The van der Waals surface area contributed by atoms with Crippen molar-refractivity contribution < 1.29 is 9.47 Å². The molecule has 0 saturated heterocycles. The number of nitrogens with two attached hydrogens (primary N) is 1. The van der Waals surface area contributed by atoms with Crippen LogP contribution in [0.25, 0.3) is 0 Å². The Bertz CT molecular complexity index is 318. The summed E-state index contributed by atoms with van der Waals surface area (Å²) in [6, 6.07) is 5.90. The lowest BCUT2D eigenvalue weighted by molar-refractivity contribution is 0.310. The monoisotopic (exact) mass is 245 g/mol. The maximum Gasteiger partial charge on any atom is 0.161 e. The van der Waals surface area contributed by atoms with Crippen LogP contribution in [0.1, 0.15) is 31.9 Å². The predicted octanol–water partition coefficient (Wildman–Crippen LogP) is 2.93. The Balaban J connectivity index is 0.00000225. The third-order valence-corrected chi connectivity index (χ3v) is 2.36. The van der Waals surface area contributed by atoms with E-state index < -0.39 is 0 Å². The second-order valence-electron chi connectivity index (χ2n) is 3.36. The number of rotatable bonds is 5. The second kappa shape index (κ2) is 7.36. The lowest BCUT2D eigenvalue weighted by Crippen LogP contribution is -2.09. The van der Waals surface area contributed by atoms with Gasteiger partial charge in [0.25, 0.3) is 0 Å². The van der Waals surface area contributed by atoms with Crippen LogP contribution in [0.3, 0.4) is 0 Å². The van der Waals surface area contributed by atoms with Gasteiger partial charge in [0.05, 0.1) is 13.7 Å². The zero-order valence-electron chi connectivity index (χ0n) is 10.0. The summed E-state index contributed by atoms with van der Waals surface area (Å²) in [5.74, 6) is 1.52. The average molecular weight is 246 g/mol. The third-order valence-electron chi connectivity index (χ3n) is 2.36. The summed E-state index contributed by atoms with van der Waals surface area (Å²) >= 11 is 0. The molecule has 0 aromatic heterocycles. The molecule has 0 fully saturated rings. The molecule has 16 heavy (non-hydrogen) atoms. The topological polar surface area (TPSA) is 44.5 Å². The van der Waals surface area contributed by atoms with Crippen LogP contribution >= 0.6 is 12.4 Å². The summed E-state index contributed by atoms with van der Waals surface area (Å²) < 4.78 is 10.7. The van der Waals surface area contributed by atoms with Gasteiger partial charge in [-0.25, -0.2) is 0 Å². The van der Waals surface area contributed by atoms with E-state index in [1.54, 1.807) is 7.11 Å². The third kappa shape index (κ3) is 3.58. The predicted molar refractivity (Wildman–Crippen MR) is 68.6 cm³/mol. The molecule has 0 aliphatic rings. The smallest absolute Gasteiger partial charge is 0.161 e. The molecule has 0 saturated carbocycles. The quantitative estimate of drug-likeness (QED) is 0.868. The van der Waals surface area contributed by atoms with Gasteiger partial charge >= 0.3 is 0 Å². The van der Waals surface area contributed by atoms with E-state index >= 15 is 0 Å². The van der Waals surface area contributed by atoms with Crippen molar-refractivity contribution in [2.75, 3.05) is 13.7 Å². The number of halogens is 1. The van der Waals surface area contributed by atoms with Crippen molar-refractivity contribution in [3.63, 3.8) is 0 Å². The molecule has 92 valence electrons. The van der Waals surface area contributed by atoms with Gasteiger partial charge in [-0.05, 0) is 31.0 Å². The van der Waals surface area contributed by atoms with Gasteiger partial charge in [-0.15, -0.1) is 12.4 Å². The standard InChI is InChI=1S/C12H19NO2.ClH/c1-4-10(13)9-6-7-11(14-3)12(8-9)15-5-2;/h6-8,10H,4-5,13H2,1-3H3;1H/t10-;/m1./s1. The van der Waals surface area contributed by atoms with Gasteiger partial charge < -0.3 is 15.2 Å². The van der Waals surface area contributed by atoms with Crippen molar-refractivity contribution in [1.82, 2.24) is 0 Å². The van der Waals surface area contributed by atoms with E-state index in [-0.39, 0.29) is 18.4 Å². The minimum Gasteiger partial charge on any atom is -0.493 e. The van der Waals surface area contributed by atoms with Crippen LogP contribution in [0.15, 0.2) is 18.2 Å². The highest BCUT2D eigenvalue weighted by molar-refractivity contribution is 5.85. The maximum absolute atomic E-state index is 5.95. The Morgan fingerprint density at radius 2 is 1.94 bits per heavy atom. The fourth-order valence-corrected chi connectivity index (χ4v) is 1.43. The first-order valence-electron chi connectivity index (χ1n) is 5.29. The second-order valence-corrected chi connectivity index (χ2v) is 3.36. The van der Waals surface area contributed by atoms with E-state index in [0.717, 1.165) is 23.5 Å². The molecule has 1 aromatic rings. The number of ether oxygens (including phenoxy) is 2. The molecular weight excluding hydrogens is 226 g/mol. The van der Waals surface area contributed by atoms with Crippen molar-refractivity contribution in [3.05, 3.63) is 23.8 Å². The molecule has 1 rings (SSSR count). The van der Waals surface area contributed by atoms with E-state index in [0.29, 0.717) is 6.61 Å². The molecule has 0 radical (unpaired) electrons. The Labute approximate surface area is 103 Å². The van der Waals surface area contributed by atoms with Crippen LogP contribution < -0.4 is 15.2 Å². The molecule has 0 heterocycles. The Hall–Kier alpha value is -0.930. The lowest BCUT2D eigenvalue weighted by Gasteiger charge is -2.14. The van der Waals surface area contributed by atoms with Crippen molar-refractivity contribution >= 4 is 12.4 Å². The van der Waals surface area contributed by atoms with Gasteiger partial charge in [0, 0.05) is 6.04 Å². The van der Waals surface area contributed by atoms with Gasteiger partial charge in [0.2, 0.25) is 0 Å². The molecule has 0 unspecified atom stereocenters. The Morgan fingerprint density at radius 1 is 1.25 bits per heavy atom. The fraction of sp³-hybridized carbons (Fsp3) is 0.500.